The van der Waals surface area contributed by atoms with Crippen molar-refractivity contribution in [2.45, 2.75) is 49.6 Å². The molecule has 168 valence electrons. The molecule has 1 aromatic heterocycles. The van der Waals surface area contributed by atoms with Crippen LogP contribution in [0, 0.1) is 5.92 Å². The second kappa shape index (κ2) is 9.57. The summed E-state index contributed by atoms with van der Waals surface area (Å²) in [7, 11) is -3.67. The monoisotopic (exact) mass is 471 g/mol. The summed E-state index contributed by atoms with van der Waals surface area (Å²) in [6, 6.07) is 16.2. The molecule has 6 nitrogen and oxygen atoms in total. The van der Waals surface area contributed by atoms with Gasteiger partial charge in [0.25, 0.3) is 0 Å². The van der Waals surface area contributed by atoms with Gasteiger partial charge >= 0.3 is 0 Å². The molecule has 0 spiro atoms. The van der Waals surface area contributed by atoms with Crippen molar-refractivity contribution < 1.29 is 13.2 Å². The van der Waals surface area contributed by atoms with Crippen LogP contribution < -0.4 is 10.0 Å². The van der Waals surface area contributed by atoms with Crippen LogP contribution in [0.15, 0.2) is 65.7 Å². The van der Waals surface area contributed by atoms with Crippen molar-refractivity contribution in [1.29, 1.82) is 0 Å². The first kappa shape index (κ1) is 22.7. The Labute approximate surface area is 193 Å². The number of rotatable bonds is 6. The van der Waals surface area contributed by atoms with Crippen LogP contribution >= 0.6 is 11.6 Å². The molecule has 1 amide bonds. The van der Waals surface area contributed by atoms with E-state index in [1.54, 1.807) is 6.07 Å². The van der Waals surface area contributed by atoms with Gasteiger partial charge in [-0.3, -0.25) is 9.78 Å². The average molecular weight is 472 g/mol. The molecule has 2 N–H and O–H groups in total. The number of carbonyl (C=O) groups excluding carboxylic acids is 1. The zero-order valence-corrected chi connectivity index (χ0v) is 19.4. The summed E-state index contributed by atoms with van der Waals surface area (Å²) < 4.78 is 28.5. The molecular formula is C24H26ClN3O3S. The van der Waals surface area contributed by atoms with E-state index in [1.807, 2.05) is 55.5 Å². The molecule has 1 heterocycles. The smallest absolute Gasteiger partial charge is 0.242 e. The molecule has 32 heavy (non-hydrogen) atoms. The minimum absolute atomic E-state index is 0.00693. The van der Waals surface area contributed by atoms with Crippen LogP contribution in [-0.2, 0) is 14.8 Å². The molecule has 1 aliphatic carbocycles. The van der Waals surface area contributed by atoms with Gasteiger partial charge in [-0.05, 0) is 62.4 Å². The lowest BCUT2D eigenvalue weighted by Crippen LogP contribution is -2.41. The van der Waals surface area contributed by atoms with Crippen molar-refractivity contribution in [2.24, 2.45) is 5.92 Å². The van der Waals surface area contributed by atoms with Gasteiger partial charge in [0.15, 0.2) is 0 Å². The van der Waals surface area contributed by atoms with E-state index in [1.165, 1.54) is 6.20 Å². The fourth-order valence-electron chi connectivity index (χ4n) is 4.12. The standard InChI is InChI=1S/C24H26ClN3O3S/c1-16(17-6-10-20(25)11-7-17)27-24(29)18-8-12-21(13-9-18)28-32(30,31)22-14-19-4-2-3-5-23(19)26-15-22/h2-7,10-11,14-16,18,21,28H,8-9,12-13H2,1H3,(H,27,29)/t16-,18?,21?/m1/s1. The molecule has 0 aliphatic heterocycles. The summed E-state index contributed by atoms with van der Waals surface area (Å²) in [6.45, 7) is 1.94. The van der Waals surface area contributed by atoms with Crippen LogP contribution in [0.2, 0.25) is 5.02 Å². The summed E-state index contributed by atoms with van der Waals surface area (Å²) in [6.07, 6.45) is 3.91. The highest BCUT2D eigenvalue weighted by molar-refractivity contribution is 7.89. The molecule has 0 bridgehead atoms. The maximum atomic E-state index is 12.8. The third kappa shape index (κ3) is 5.28. The highest BCUT2D eigenvalue weighted by atomic mass is 35.5. The molecule has 2 aromatic carbocycles. The number of nitrogens with zero attached hydrogens (tertiary/aromatic N) is 1. The maximum absolute atomic E-state index is 12.8. The molecular weight excluding hydrogens is 446 g/mol. The van der Waals surface area contributed by atoms with Gasteiger partial charge in [-0.1, -0.05) is 41.9 Å². The van der Waals surface area contributed by atoms with Gasteiger partial charge < -0.3 is 5.32 Å². The first-order valence-corrected chi connectivity index (χ1v) is 12.6. The van der Waals surface area contributed by atoms with E-state index >= 15 is 0 Å². The zero-order chi connectivity index (χ0) is 22.7. The Morgan fingerprint density at radius 1 is 1.06 bits per heavy atom. The Morgan fingerprint density at radius 3 is 2.47 bits per heavy atom. The molecule has 0 radical (unpaired) electrons. The number of aromatic nitrogens is 1. The van der Waals surface area contributed by atoms with Gasteiger partial charge in [-0.15, -0.1) is 0 Å². The second-order valence-electron chi connectivity index (χ2n) is 8.32. The quantitative estimate of drug-likeness (QED) is 0.549. The molecule has 1 saturated carbocycles. The number of carbonyl (C=O) groups is 1. The first-order valence-electron chi connectivity index (χ1n) is 10.7. The van der Waals surface area contributed by atoms with Crippen molar-refractivity contribution in [3.8, 4) is 0 Å². The molecule has 1 atom stereocenters. The minimum Gasteiger partial charge on any atom is -0.349 e. The number of hydrogen-bond acceptors (Lipinski definition) is 4. The fourth-order valence-corrected chi connectivity index (χ4v) is 5.53. The number of benzene rings is 2. The van der Waals surface area contributed by atoms with Crippen LogP contribution in [0.1, 0.15) is 44.2 Å². The molecule has 0 saturated heterocycles. The molecule has 8 heteroatoms. The van der Waals surface area contributed by atoms with Crippen LogP contribution in [0.3, 0.4) is 0 Å². The van der Waals surface area contributed by atoms with E-state index in [-0.39, 0.29) is 28.8 Å². The zero-order valence-electron chi connectivity index (χ0n) is 17.8. The lowest BCUT2D eigenvalue weighted by molar-refractivity contribution is -0.126. The summed E-state index contributed by atoms with van der Waals surface area (Å²) in [4.78, 5) is 17.1. The van der Waals surface area contributed by atoms with Gasteiger partial charge in [0.1, 0.15) is 4.90 Å². The van der Waals surface area contributed by atoms with E-state index < -0.39 is 10.0 Å². The van der Waals surface area contributed by atoms with Gasteiger partial charge in [-0.25, -0.2) is 13.1 Å². The van der Waals surface area contributed by atoms with Crippen molar-refractivity contribution in [3.63, 3.8) is 0 Å². The highest BCUT2D eigenvalue weighted by Crippen LogP contribution is 2.27. The number of para-hydroxylation sites is 1. The summed E-state index contributed by atoms with van der Waals surface area (Å²) in [5.74, 6) is -0.111. The van der Waals surface area contributed by atoms with Crippen molar-refractivity contribution in [3.05, 3.63) is 71.4 Å². The Bertz CT molecular complexity index is 1210. The van der Waals surface area contributed by atoms with Crippen LogP contribution in [0.5, 0.6) is 0 Å². The Hall–Kier alpha value is -2.48. The number of fused-ring (bicyclic) bond motifs is 1. The van der Waals surface area contributed by atoms with Crippen molar-refractivity contribution in [1.82, 2.24) is 15.0 Å². The van der Waals surface area contributed by atoms with Gasteiger partial charge in [-0.2, -0.15) is 0 Å². The Kier molecular flexibility index (Phi) is 6.79. The summed E-state index contributed by atoms with van der Waals surface area (Å²) in [5, 5.41) is 4.51. The number of halogens is 1. The number of amides is 1. The fraction of sp³-hybridized carbons (Fsp3) is 0.333. The average Bonchev–Trinajstić information content (AvgIpc) is 2.79. The van der Waals surface area contributed by atoms with Crippen LogP contribution in [-0.4, -0.2) is 25.4 Å². The largest absolute Gasteiger partial charge is 0.349 e. The van der Waals surface area contributed by atoms with Gasteiger partial charge in [0.05, 0.1) is 11.6 Å². The number of hydrogen-bond donors (Lipinski definition) is 2. The van der Waals surface area contributed by atoms with E-state index in [9.17, 15) is 13.2 Å². The Balaban J connectivity index is 1.32. The van der Waals surface area contributed by atoms with Gasteiger partial charge in [0.2, 0.25) is 15.9 Å². The summed E-state index contributed by atoms with van der Waals surface area (Å²) >= 11 is 5.93. The SMILES string of the molecule is C[C@@H](NC(=O)C1CCC(NS(=O)(=O)c2cnc3ccccc3c2)CC1)c1ccc(Cl)cc1. The third-order valence-corrected chi connectivity index (χ3v) is 7.76. The molecule has 3 aromatic rings. The normalized spacial score (nSPS) is 20.1. The topological polar surface area (TPSA) is 88.2 Å². The number of sulfonamides is 1. The van der Waals surface area contributed by atoms with Crippen molar-refractivity contribution >= 4 is 38.4 Å². The van der Waals surface area contributed by atoms with Gasteiger partial charge in [0, 0.05) is 28.6 Å². The number of pyridine rings is 1. The Morgan fingerprint density at radius 2 is 1.75 bits per heavy atom. The van der Waals surface area contributed by atoms with Crippen molar-refractivity contribution in [2.75, 3.05) is 0 Å². The maximum Gasteiger partial charge on any atom is 0.242 e. The lowest BCUT2D eigenvalue weighted by atomic mass is 9.85. The minimum atomic E-state index is -3.67. The number of nitrogens with one attached hydrogen (secondary N) is 2. The highest BCUT2D eigenvalue weighted by Gasteiger charge is 2.30. The molecule has 1 aliphatic rings. The first-order chi connectivity index (χ1) is 15.3. The van der Waals surface area contributed by atoms with Crippen LogP contribution in [0.25, 0.3) is 10.9 Å². The van der Waals surface area contributed by atoms with E-state index in [4.69, 9.17) is 11.6 Å². The molecule has 4 rings (SSSR count). The molecule has 1 fully saturated rings. The van der Waals surface area contributed by atoms with E-state index in [0.717, 1.165) is 16.5 Å². The van der Waals surface area contributed by atoms with E-state index in [0.29, 0.717) is 30.7 Å². The van der Waals surface area contributed by atoms with E-state index in [2.05, 4.69) is 15.0 Å². The lowest BCUT2D eigenvalue weighted by Gasteiger charge is -2.29. The predicted octanol–water partition coefficient (Wildman–Crippen LogP) is 4.60. The summed E-state index contributed by atoms with van der Waals surface area (Å²) in [5.41, 5.74) is 1.75. The van der Waals surface area contributed by atoms with Crippen LogP contribution in [0.4, 0.5) is 0 Å². The third-order valence-electron chi connectivity index (χ3n) is 6.02. The molecule has 0 unspecified atom stereocenters. The predicted molar refractivity (Wildman–Crippen MR) is 126 cm³/mol. The second-order valence-corrected chi connectivity index (χ2v) is 10.5.